The molecule has 0 aliphatic carbocycles. The Morgan fingerprint density at radius 2 is 1.81 bits per heavy atom. The monoisotopic (exact) mass is 480 g/mol. The summed E-state index contributed by atoms with van der Waals surface area (Å²) in [6.45, 7) is 4.26. The van der Waals surface area contributed by atoms with Gasteiger partial charge >= 0.3 is 0 Å². The fourth-order valence-corrected chi connectivity index (χ4v) is 4.35. The van der Waals surface area contributed by atoms with Gasteiger partial charge in [-0.1, -0.05) is 61.9 Å². The molecular weight excluding hydrogens is 452 g/mol. The number of tetrazole rings is 1. The van der Waals surface area contributed by atoms with E-state index in [1.165, 1.54) is 0 Å². The second-order valence-corrected chi connectivity index (χ2v) is 9.00. The molecule has 0 radical (unpaired) electrons. The van der Waals surface area contributed by atoms with Crippen LogP contribution in [0.25, 0.3) is 33.4 Å². The number of aromatic amines is 1. The molecule has 0 fully saturated rings. The van der Waals surface area contributed by atoms with Crippen LogP contribution >= 0.6 is 0 Å². The summed E-state index contributed by atoms with van der Waals surface area (Å²) in [6, 6.07) is 21.7. The highest BCUT2D eigenvalue weighted by Crippen LogP contribution is 2.25. The third-order valence-electron chi connectivity index (χ3n) is 6.40. The van der Waals surface area contributed by atoms with Gasteiger partial charge in [-0.3, -0.25) is 9.36 Å². The summed E-state index contributed by atoms with van der Waals surface area (Å²) in [5.74, 6) is 1.41. The number of hydrogen-bond donors (Lipinski definition) is 2. The number of H-pyrrole nitrogens is 1. The lowest BCUT2D eigenvalue weighted by molar-refractivity contribution is 0.199. The highest BCUT2D eigenvalue weighted by molar-refractivity contribution is 5.78. The van der Waals surface area contributed by atoms with Crippen molar-refractivity contribution in [1.82, 2.24) is 30.2 Å². The van der Waals surface area contributed by atoms with E-state index in [4.69, 9.17) is 4.98 Å². The standard InChI is InChI=1S/C28H28N6O2/c1-3-4-8-26-29-25-14-13-21(18(2)35)16-24(25)28(36)34(26)17-19-9-11-20(12-10-19)22-6-5-7-23(15-22)27-30-32-33-31-27/h5-7,9-16,18,35H,3-4,8,17H2,1-2H3,(H,30,31,32,33). The van der Waals surface area contributed by atoms with Crippen molar-refractivity contribution in [2.75, 3.05) is 0 Å². The van der Waals surface area contributed by atoms with Crippen LogP contribution in [0, 0.1) is 0 Å². The number of fused-ring (bicyclic) bond motifs is 1. The predicted octanol–water partition coefficient (Wildman–Crippen LogP) is 4.69. The summed E-state index contributed by atoms with van der Waals surface area (Å²) in [5.41, 5.74) is 5.34. The SMILES string of the molecule is CCCCc1nc2ccc(C(C)O)cc2c(=O)n1Cc1ccc(-c2cccc(-c3nnn[nH]3)c2)cc1. The first-order valence-electron chi connectivity index (χ1n) is 12.2. The lowest BCUT2D eigenvalue weighted by Gasteiger charge is -2.15. The van der Waals surface area contributed by atoms with Crippen LogP contribution in [-0.2, 0) is 13.0 Å². The normalized spacial score (nSPS) is 12.2. The molecule has 2 heterocycles. The van der Waals surface area contributed by atoms with E-state index in [0.29, 0.717) is 28.8 Å². The largest absolute Gasteiger partial charge is 0.389 e. The molecule has 36 heavy (non-hydrogen) atoms. The van der Waals surface area contributed by atoms with Crippen LogP contribution in [0.2, 0.25) is 0 Å². The molecule has 8 heteroatoms. The van der Waals surface area contributed by atoms with E-state index in [1.54, 1.807) is 17.6 Å². The third-order valence-corrected chi connectivity index (χ3v) is 6.40. The van der Waals surface area contributed by atoms with Crippen LogP contribution in [0.1, 0.15) is 49.7 Å². The average molecular weight is 481 g/mol. The van der Waals surface area contributed by atoms with E-state index in [2.05, 4.69) is 39.7 Å². The maximum absolute atomic E-state index is 13.6. The highest BCUT2D eigenvalue weighted by Gasteiger charge is 2.14. The van der Waals surface area contributed by atoms with Crippen LogP contribution in [0.5, 0.6) is 0 Å². The molecule has 2 N–H and O–H groups in total. The molecule has 0 aliphatic rings. The Labute approximate surface area is 208 Å². The maximum atomic E-state index is 13.6. The Morgan fingerprint density at radius 3 is 2.53 bits per heavy atom. The van der Waals surface area contributed by atoms with E-state index in [1.807, 2.05) is 48.5 Å². The molecule has 182 valence electrons. The van der Waals surface area contributed by atoms with Gasteiger partial charge in [-0.25, -0.2) is 10.1 Å². The third kappa shape index (κ3) is 4.81. The van der Waals surface area contributed by atoms with Crippen molar-refractivity contribution < 1.29 is 5.11 Å². The first-order chi connectivity index (χ1) is 17.5. The van der Waals surface area contributed by atoms with Gasteiger partial charge in [-0.05, 0) is 64.2 Å². The molecule has 5 aromatic rings. The van der Waals surface area contributed by atoms with Gasteiger partial charge in [-0.2, -0.15) is 0 Å². The summed E-state index contributed by atoms with van der Waals surface area (Å²) in [7, 11) is 0. The quantitative estimate of drug-likeness (QED) is 0.334. The molecule has 0 bridgehead atoms. The number of aryl methyl sites for hydroxylation is 1. The van der Waals surface area contributed by atoms with Gasteiger partial charge in [0, 0.05) is 12.0 Å². The van der Waals surface area contributed by atoms with Crippen molar-refractivity contribution in [3.8, 4) is 22.5 Å². The number of aliphatic hydroxyl groups excluding tert-OH is 1. The molecule has 0 saturated carbocycles. The Hall–Kier alpha value is -4.17. The fourth-order valence-electron chi connectivity index (χ4n) is 4.35. The van der Waals surface area contributed by atoms with Gasteiger partial charge < -0.3 is 5.11 Å². The minimum Gasteiger partial charge on any atom is -0.389 e. The number of nitrogens with one attached hydrogen (secondary N) is 1. The minimum absolute atomic E-state index is 0.0777. The summed E-state index contributed by atoms with van der Waals surface area (Å²) in [6.07, 6.45) is 2.07. The number of hydrogen-bond acceptors (Lipinski definition) is 6. The summed E-state index contributed by atoms with van der Waals surface area (Å²) in [4.78, 5) is 18.4. The Bertz CT molecular complexity index is 1540. The minimum atomic E-state index is -0.645. The molecule has 2 aromatic heterocycles. The van der Waals surface area contributed by atoms with Crippen molar-refractivity contribution in [1.29, 1.82) is 0 Å². The smallest absolute Gasteiger partial charge is 0.261 e. The van der Waals surface area contributed by atoms with E-state index in [-0.39, 0.29) is 5.56 Å². The van der Waals surface area contributed by atoms with Crippen molar-refractivity contribution >= 4 is 10.9 Å². The van der Waals surface area contributed by atoms with Crippen LogP contribution in [0.3, 0.4) is 0 Å². The van der Waals surface area contributed by atoms with Gasteiger partial charge in [0.05, 0.1) is 23.6 Å². The Balaban J connectivity index is 1.48. The second kappa shape index (κ2) is 10.2. The molecular formula is C28H28N6O2. The lowest BCUT2D eigenvalue weighted by Crippen LogP contribution is -2.26. The molecule has 3 aromatic carbocycles. The molecule has 1 unspecified atom stereocenters. The number of benzene rings is 3. The first kappa shape index (κ1) is 23.6. The second-order valence-electron chi connectivity index (χ2n) is 9.00. The number of aliphatic hydroxyl groups is 1. The number of aromatic nitrogens is 6. The zero-order valence-corrected chi connectivity index (χ0v) is 20.3. The van der Waals surface area contributed by atoms with Crippen LogP contribution in [0.15, 0.2) is 71.5 Å². The molecule has 0 saturated heterocycles. The summed E-state index contributed by atoms with van der Waals surface area (Å²) < 4.78 is 1.77. The predicted molar refractivity (Wildman–Crippen MR) is 139 cm³/mol. The average Bonchev–Trinajstić information content (AvgIpc) is 3.45. The Kier molecular flexibility index (Phi) is 6.69. The summed E-state index contributed by atoms with van der Waals surface area (Å²) >= 11 is 0. The van der Waals surface area contributed by atoms with E-state index in [0.717, 1.165) is 47.3 Å². The van der Waals surface area contributed by atoms with Gasteiger partial charge in [0.1, 0.15) is 5.82 Å². The van der Waals surface area contributed by atoms with Gasteiger partial charge in [-0.15, -0.1) is 5.10 Å². The van der Waals surface area contributed by atoms with Crippen molar-refractivity contribution in [3.05, 3.63) is 94.0 Å². The number of unbranched alkanes of at least 4 members (excludes halogenated alkanes) is 1. The van der Waals surface area contributed by atoms with Crippen LogP contribution < -0.4 is 5.56 Å². The lowest BCUT2D eigenvalue weighted by atomic mass is 10.0. The molecule has 5 rings (SSSR count). The number of nitrogens with zero attached hydrogens (tertiary/aromatic N) is 5. The molecule has 8 nitrogen and oxygen atoms in total. The molecule has 1 atom stereocenters. The van der Waals surface area contributed by atoms with E-state index in [9.17, 15) is 9.90 Å². The zero-order valence-electron chi connectivity index (χ0n) is 20.3. The van der Waals surface area contributed by atoms with E-state index >= 15 is 0 Å². The molecule has 0 amide bonds. The molecule has 0 spiro atoms. The topological polar surface area (TPSA) is 110 Å². The first-order valence-corrected chi connectivity index (χ1v) is 12.2. The van der Waals surface area contributed by atoms with Crippen molar-refractivity contribution in [3.63, 3.8) is 0 Å². The maximum Gasteiger partial charge on any atom is 0.261 e. The van der Waals surface area contributed by atoms with E-state index < -0.39 is 6.10 Å². The summed E-state index contributed by atoms with van der Waals surface area (Å²) in [5, 5.41) is 24.6. The molecule has 0 aliphatic heterocycles. The van der Waals surface area contributed by atoms with Gasteiger partial charge in [0.15, 0.2) is 5.82 Å². The zero-order chi connectivity index (χ0) is 25.1. The fraction of sp³-hybridized carbons (Fsp3) is 0.250. The highest BCUT2D eigenvalue weighted by atomic mass is 16.3. The van der Waals surface area contributed by atoms with Gasteiger partial charge in [0.2, 0.25) is 0 Å². The van der Waals surface area contributed by atoms with Crippen LogP contribution in [0.4, 0.5) is 0 Å². The van der Waals surface area contributed by atoms with Crippen molar-refractivity contribution in [2.45, 2.75) is 45.8 Å². The van der Waals surface area contributed by atoms with Crippen molar-refractivity contribution in [2.24, 2.45) is 0 Å². The van der Waals surface area contributed by atoms with Crippen LogP contribution in [-0.4, -0.2) is 35.3 Å². The number of rotatable bonds is 8. The Morgan fingerprint density at radius 1 is 1.00 bits per heavy atom. The van der Waals surface area contributed by atoms with Gasteiger partial charge in [0.25, 0.3) is 5.56 Å².